The molecule has 1 aromatic rings. The van der Waals surface area contributed by atoms with Crippen LogP contribution >= 0.6 is 0 Å². The zero-order valence-corrected chi connectivity index (χ0v) is 12.7. The van der Waals surface area contributed by atoms with Gasteiger partial charge in [-0.3, -0.25) is 9.78 Å². The monoisotopic (exact) mass is 284 g/mol. The Morgan fingerprint density at radius 3 is 2.19 bits per heavy atom. The summed E-state index contributed by atoms with van der Waals surface area (Å²) in [6.07, 6.45) is 11.1. The smallest absolute Gasteiger partial charge is 0.226 e. The van der Waals surface area contributed by atoms with E-state index in [0.29, 0.717) is 5.91 Å². The molecule has 0 aromatic carbocycles. The van der Waals surface area contributed by atoms with Crippen LogP contribution in [0.25, 0.3) is 0 Å². The molecule has 4 fully saturated rings. The van der Waals surface area contributed by atoms with Crippen molar-refractivity contribution in [2.75, 3.05) is 0 Å². The summed E-state index contributed by atoms with van der Waals surface area (Å²) < 4.78 is 0. The first-order chi connectivity index (χ1) is 10.1. The molecule has 1 N–H and O–H groups in total. The van der Waals surface area contributed by atoms with Gasteiger partial charge in [-0.25, -0.2) is 0 Å². The van der Waals surface area contributed by atoms with Crippen molar-refractivity contribution < 1.29 is 4.79 Å². The van der Waals surface area contributed by atoms with Crippen LogP contribution in [0.15, 0.2) is 24.5 Å². The molecule has 4 aliphatic rings. The molecule has 0 aliphatic heterocycles. The standard InChI is InChI=1S/C18H24N2O/c1-12(16-2-4-19-5-3-16)20-17(21)18-9-13-6-14(10-18)8-15(7-13)11-18/h2-5,12-15H,6-11H2,1H3,(H,20,21)/t12-,13?,14?,15?,18?/m0/s1. The van der Waals surface area contributed by atoms with Crippen LogP contribution in [0.4, 0.5) is 0 Å². The summed E-state index contributed by atoms with van der Waals surface area (Å²) in [5.41, 5.74) is 1.10. The first-order valence-corrected chi connectivity index (χ1v) is 8.35. The lowest BCUT2D eigenvalue weighted by molar-refractivity contribution is -0.147. The maximum atomic E-state index is 13.0. The number of nitrogens with zero attached hydrogens (tertiary/aromatic N) is 1. The molecule has 5 rings (SSSR count). The third-order valence-electron chi connectivity index (χ3n) is 6.07. The second kappa shape index (κ2) is 4.82. The van der Waals surface area contributed by atoms with Crippen molar-refractivity contribution in [1.82, 2.24) is 10.3 Å². The Morgan fingerprint density at radius 2 is 1.67 bits per heavy atom. The van der Waals surface area contributed by atoms with E-state index in [9.17, 15) is 4.79 Å². The van der Waals surface area contributed by atoms with Gasteiger partial charge in [0.25, 0.3) is 0 Å². The second-order valence-corrected chi connectivity index (χ2v) is 7.67. The van der Waals surface area contributed by atoms with Crippen molar-refractivity contribution in [3.05, 3.63) is 30.1 Å². The molecule has 1 heterocycles. The minimum atomic E-state index is -0.0456. The fraction of sp³-hybridized carbons (Fsp3) is 0.667. The summed E-state index contributed by atoms with van der Waals surface area (Å²) in [7, 11) is 0. The molecule has 0 spiro atoms. The fourth-order valence-electron chi connectivity index (χ4n) is 5.47. The van der Waals surface area contributed by atoms with E-state index in [0.717, 1.165) is 42.6 Å². The minimum absolute atomic E-state index is 0.0456. The Bertz CT molecular complexity index is 504. The van der Waals surface area contributed by atoms with Crippen LogP contribution in [0.2, 0.25) is 0 Å². The van der Waals surface area contributed by atoms with Crippen molar-refractivity contribution in [2.45, 2.75) is 51.5 Å². The average Bonchev–Trinajstić information content (AvgIpc) is 2.46. The van der Waals surface area contributed by atoms with Crippen molar-refractivity contribution in [2.24, 2.45) is 23.2 Å². The van der Waals surface area contributed by atoms with Gasteiger partial charge < -0.3 is 5.32 Å². The van der Waals surface area contributed by atoms with Crippen molar-refractivity contribution >= 4 is 5.91 Å². The van der Waals surface area contributed by atoms with Gasteiger partial charge in [-0.05, 0) is 80.9 Å². The van der Waals surface area contributed by atoms with Gasteiger partial charge >= 0.3 is 0 Å². The topological polar surface area (TPSA) is 42.0 Å². The molecule has 1 aromatic heterocycles. The largest absolute Gasteiger partial charge is 0.349 e. The first kappa shape index (κ1) is 13.3. The van der Waals surface area contributed by atoms with Crippen LogP contribution < -0.4 is 5.32 Å². The SMILES string of the molecule is C[C@H](NC(=O)C12CC3CC(CC(C3)C1)C2)c1ccncc1. The van der Waals surface area contributed by atoms with E-state index in [2.05, 4.69) is 17.2 Å². The molecule has 21 heavy (non-hydrogen) atoms. The van der Waals surface area contributed by atoms with Gasteiger partial charge in [0.15, 0.2) is 0 Å². The molecule has 4 aliphatic carbocycles. The van der Waals surface area contributed by atoms with Crippen molar-refractivity contribution in [3.63, 3.8) is 0 Å². The molecular formula is C18H24N2O. The Kier molecular flexibility index (Phi) is 3.05. The average molecular weight is 284 g/mol. The van der Waals surface area contributed by atoms with Crippen LogP contribution in [0.1, 0.15) is 57.1 Å². The summed E-state index contributed by atoms with van der Waals surface area (Å²) in [4.78, 5) is 17.0. The van der Waals surface area contributed by atoms with Crippen LogP contribution in [0, 0.1) is 23.2 Å². The Hall–Kier alpha value is -1.38. The maximum Gasteiger partial charge on any atom is 0.226 e. The lowest BCUT2D eigenvalue weighted by Gasteiger charge is -2.55. The summed E-state index contributed by atoms with van der Waals surface area (Å²) in [6.45, 7) is 2.08. The van der Waals surface area contributed by atoms with Crippen LogP contribution in [0.3, 0.4) is 0 Å². The van der Waals surface area contributed by atoms with Gasteiger partial charge in [0, 0.05) is 17.8 Å². The number of aromatic nitrogens is 1. The van der Waals surface area contributed by atoms with E-state index < -0.39 is 0 Å². The van der Waals surface area contributed by atoms with Gasteiger partial charge in [-0.15, -0.1) is 0 Å². The van der Waals surface area contributed by atoms with E-state index >= 15 is 0 Å². The molecule has 0 unspecified atom stereocenters. The van der Waals surface area contributed by atoms with Crippen molar-refractivity contribution in [3.8, 4) is 0 Å². The normalized spacial score (nSPS) is 38.2. The zero-order valence-electron chi connectivity index (χ0n) is 12.7. The summed E-state index contributed by atoms with van der Waals surface area (Å²) in [6, 6.07) is 4.06. The van der Waals surface area contributed by atoms with Gasteiger partial charge in [-0.1, -0.05) is 0 Å². The number of carbonyl (C=O) groups excluding carboxylic acids is 1. The molecule has 1 amide bonds. The molecule has 3 nitrogen and oxygen atoms in total. The molecule has 112 valence electrons. The summed E-state index contributed by atoms with van der Waals surface area (Å²) in [5.74, 6) is 2.76. The molecule has 0 saturated heterocycles. The Labute approximate surface area is 126 Å². The van der Waals surface area contributed by atoms with E-state index in [1.165, 1.54) is 19.3 Å². The van der Waals surface area contributed by atoms with Crippen LogP contribution in [-0.4, -0.2) is 10.9 Å². The molecule has 0 radical (unpaired) electrons. The highest BCUT2D eigenvalue weighted by Gasteiger charge is 2.54. The molecular weight excluding hydrogens is 260 g/mol. The van der Waals surface area contributed by atoms with Gasteiger partial charge in [0.1, 0.15) is 0 Å². The number of carbonyl (C=O) groups is 1. The predicted molar refractivity (Wildman–Crippen MR) is 81.4 cm³/mol. The van der Waals surface area contributed by atoms with E-state index in [4.69, 9.17) is 0 Å². The minimum Gasteiger partial charge on any atom is -0.349 e. The van der Waals surface area contributed by atoms with Crippen LogP contribution in [-0.2, 0) is 4.79 Å². The quantitative estimate of drug-likeness (QED) is 0.923. The maximum absolute atomic E-state index is 13.0. The fourth-order valence-corrected chi connectivity index (χ4v) is 5.47. The lowest BCUT2D eigenvalue weighted by Crippen LogP contribution is -2.53. The number of hydrogen-bond acceptors (Lipinski definition) is 2. The number of pyridine rings is 1. The highest BCUT2D eigenvalue weighted by Crippen LogP contribution is 2.60. The highest BCUT2D eigenvalue weighted by atomic mass is 16.2. The summed E-state index contributed by atoms with van der Waals surface area (Å²) >= 11 is 0. The van der Waals surface area contributed by atoms with E-state index in [1.807, 2.05) is 12.1 Å². The van der Waals surface area contributed by atoms with Crippen molar-refractivity contribution in [1.29, 1.82) is 0 Å². The zero-order chi connectivity index (χ0) is 14.4. The second-order valence-electron chi connectivity index (χ2n) is 7.67. The number of amides is 1. The first-order valence-electron chi connectivity index (χ1n) is 8.35. The number of rotatable bonds is 3. The predicted octanol–water partition coefficient (Wildman–Crippen LogP) is 3.48. The third kappa shape index (κ3) is 2.27. The molecule has 4 bridgehead atoms. The highest BCUT2D eigenvalue weighted by molar-refractivity contribution is 5.83. The van der Waals surface area contributed by atoms with Gasteiger partial charge in [-0.2, -0.15) is 0 Å². The number of nitrogens with one attached hydrogen (secondary N) is 1. The number of hydrogen-bond donors (Lipinski definition) is 1. The molecule has 4 saturated carbocycles. The molecule has 1 atom stereocenters. The Morgan fingerprint density at radius 1 is 1.14 bits per heavy atom. The molecule has 3 heteroatoms. The summed E-state index contributed by atoms with van der Waals surface area (Å²) in [5, 5.41) is 3.29. The Balaban J connectivity index is 1.50. The lowest BCUT2D eigenvalue weighted by atomic mass is 9.49. The van der Waals surface area contributed by atoms with E-state index in [-0.39, 0.29) is 11.5 Å². The van der Waals surface area contributed by atoms with Gasteiger partial charge in [0.05, 0.1) is 6.04 Å². The van der Waals surface area contributed by atoms with E-state index in [1.54, 1.807) is 12.4 Å². The van der Waals surface area contributed by atoms with Crippen LogP contribution in [0.5, 0.6) is 0 Å². The van der Waals surface area contributed by atoms with Gasteiger partial charge in [0.2, 0.25) is 5.91 Å². The third-order valence-corrected chi connectivity index (χ3v) is 6.07.